The highest BCUT2D eigenvalue weighted by Gasteiger charge is 2.24. The van der Waals surface area contributed by atoms with Gasteiger partial charge in [-0.2, -0.15) is 0 Å². The Morgan fingerprint density at radius 1 is 0.458 bits per heavy atom. The molecule has 0 radical (unpaired) electrons. The summed E-state index contributed by atoms with van der Waals surface area (Å²) < 4.78 is 60.1. The van der Waals surface area contributed by atoms with E-state index in [-0.39, 0.29) is 11.5 Å². The fourth-order valence-corrected chi connectivity index (χ4v) is 6.70. The van der Waals surface area contributed by atoms with Crippen LogP contribution < -0.4 is 18.9 Å². The Morgan fingerprint density at radius 3 is 1.15 bits per heavy atom. The summed E-state index contributed by atoms with van der Waals surface area (Å²) in [7, 11) is 11.3. The summed E-state index contributed by atoms with van der Waals surface area (Å²) in [6, 6.07) is 26.2. The first-order valence-electron chi connectivity index (χ1n) is 15.0. The van der Waals surface area contributed by atoms with Crippen LogP contribution in [0.2, 0.25) is 0 Å². The standard InChI is InChI=1S/C38H42O9S/c1-40-27-19-17-25(31(21-27)37(46-7)35(44-5)29-13-9-11-15-33(29)42-3)23-48(39)24-26-18-20-28(41-2)22-32(26)38(47-8)36(45-6)30-14-10-12-16-34(30)43-4/h9-22H,23-24H2,1-8H3. The molecule has 0 saturated heterocycles. The molecule has 0 fully saturated rings. The topological polar surface area (TPSA) is 90.9 Å². The monoisotopic (exact) mass is 674 g/mol. The van der Waals surface area contributed by atoms with Crippen LogP contribution in [0.3, 0.4) is 0 Å². The fourth-order valence-electron chi connectivity index (χ4n) is 5.40. The third kappa shape index (κ3) is 7.88. The Kier molecular flexibility index (Phi) is 12.8. The number of benzene rings is 4. The molecule has 0 heterocycles. The highest BCUT2D eigenvalue weighted by atomic mass is 32.2. The van der Waals surface area contributed by atoms with Crippen molar-refractivity contribution in [1.29, 1.82) is 0 Å². The van der Waals surface area contributed by atoms with Crippen molar-refractivity contribution in [1.82, 2.24) is 0 Å². The minimum atomic E-state index is -1.40. The lowest BCUT2D eigenvalue weighted by Crippen LogP contribution is -2.08. The van der Waals surface area contributed by atoms with Crippen LogP contribution >= 0.6 is 0 Å². The number of hydrogen-bond donors (Lipinski definition) is 0. The maximum absolute atomic E-state index is 14.1. The van der Waals surface area contributed by atoms with Crippen LogP contribution in [-0.4, -0.2) is 61.1 Å². The molecule has 0 aromatic heterocycles. The van der Waals surface area contributed by atoms with E-state index in [1.807, 2.05) is 84.9 Å². The molecule has 0 aliphatic heterocycles. The summed E-state index contributed by atoms with van der Waals surface area (Å²) in [6.45, 7) is 0. The smallest absolute Gasteiger partial charge is 0.172 e. The molecule has 0 aliphatic rings. The number of para-hydroxylation sites is 2. The molecule has 0 amide bonds. The zero-order valence-electron chi connectivity index (χ0n) is 28.6. The van der Waals surface area contributed by atoms with Crippen LogP contribution in [0.25, 0.3) is 23.0 Å². The third-order valence-electron chi connectivity index (χ3n) is 7.69. The van der Waals surface area contributed by atoms with E-state index in [4.69, 9.17) is 37.9 Å². The Morgan fingerprint density at radius 2 is 0.812 bits per heavy atom. The van der Waals surface area contributed by atoms with Crippen molar-refractivity contribution in [3.05, 3.63) is 118 Å². The van der Waals surface area contributed by atoms with Crippen molar-refractivity contribution in [3.8, 4) is 23.0 Å². The van der Waals surface area contributed by atoms with E-state index in [1.165, 1.54) is 0 Å². The SMILES string of the molecule is COC(=C(OC)c1ccccc1OC)c1cc(OC)ccc1CS(=O)Cc1ccc(OC)cc1C(OC)=C(OC)c1ccccc1OC. The predicted octanol–water partition coefficient (Wildman–Crippen LogP) is 7.41. The predicted molar refractivity (Wildman–Crippen MR) is 189 cm³/mol. The third-order valence-corrected chi connectivity index (χ3v) is 8.95. The molecule has 48 heavy (non-hydrogen) atoms. The first kappa shape index (κ1) is 35.8. The maximum Gasteiger partial charge on any atom is 0.172 e. The molecule has 4 rings (SSSR count). The maximum atomic E-state index is 14.1. The molecule has 0 saturated carbocycles. The van der Waals surface area contributed by atoms with Gasteiger partial charge in [0.2, 0.25) is 0 Å². The van der Waals surface area contributed by atoms with Crippen molar-refractivity contribution in [3.63, 3.8) is 0 Å². The molecule has 0 N–H and O–H groups in total. The van der Waals surface area contributed by atoms with Crippen LogP contribution in [-0.2, 0) is 41.3 Å². The van der Waals surface area contributed by atoms with E-state index in [2.05, 4.69) is 0 Å². The van der Waals surface area contributed by atoms with Crippen LogP contribution in [0.4, 0.5) is 0 Å². The van der Waals surface area contributed by atoms with Crippen LogP contribution in [0.15, 0.2) is 84.9 Å². The number of methoxy groups -OCH3 is 8. The molecule has 0 atom stereocenters. The van der Waals surface area contributed by atoms with Crippen LogP contribution in [0.1, 0.15) is 33.4 Å². The summed E-state index contributed by atoms with van der Waals surface area (Å²) >= 11 is 0. The minimum Gasteiger partial charge on any atom is -0.497 e. The van der Waals surface area contributed by atoms with Gasteiger partial charge in [-0.05, 0) is 59.7 Å². The van der Waals surface area contributed by atoms with Crippen molar-refractivity contribution in [2.24, 2.45) is 0 Å². The van der Waals surface area contributed by atoms with E-state index >= 15 is 0 Å². The van der Waals surface area contributed by atoms with E-state index in [1.54, 1.807) is 56.9 Å². The zero-order valence-corrected chi connectivity index (χ0v) is 29.4. The highest BCUT2D eigenvalue weighted by molar-refractivity contribution is 7.83. The largest absolute Gasteiger partial charge is 0.497 e. The molecular formula is C38H42O9S. The summed E-state index contributed by atoms with van der Waals surface area (Å²) in [5, 5.41) is 0. The minimum absolute atomic E-state index is 0.205. The van der Waals surface area contributed by atoms with Gasteiger partial charge in [-0.1, -0.05) is 36.4 Å². The van der Waals surface area contributed by atoms with Crippen molar-refractivity contribution >= 4 is 33.8 Å². The Balaban J connectivity index is 1.80. The van der Waals surface area contributed by atoms with E-state index in [0.717, 1.165) is 11.1 Å². The van der Waals surface area contributed by atoms with Gasteiger partial charge in [-0.3, -0.25) is 4.21 Å². The Bertz CT molecular complexity index is 1670. The van der Waals surface area contributed by atoms with E-state index in [0.29, 0.717) is 68.3 Å². The molecule has 10 heteroatoms. The Hall–Kier alpha value is -5.09. The van der Waals surface area contributed by atoms with Gasteiger partial charge in [0.1, 0.15) is 23.0 Å². The molecular weight excluding hydrogens is 632 g/mol. The fraction of sp³-hybridized carbons (Fsp3) is 0.263. The normalized spacial score (nSPS) is 12.6. The quantitative estimate of drug-likeness (QED) is 0.0891. The molecule has 0 bridgehead atoms. The van der Waals surface area contributed by atoms with Gasteiger partial charge in [-0.25, -0.2) is 0 Å². The van der Waals surface area contributed by atoms with Crippen molar-refractivity contribution in [2.45, 2.75) is 11.5 Å². The molecule has 9 nitrogen and oxygen atoms in total. The lowest BCUT2D eigenvalue weighted by Gasteiger charge is -2.20. The van der Waals surface area contributed by atoms with Gasteiger partial charge in [0.15, 0.2) is 23.0 Å². The van der Waals surface area contributed by atoms with Crippen molar-refractivity contribution < 1.29 is 42.1 Å². The van der Waals surface area contributed by atoms with Gasteiger partial charge in [0, 0.05) is 33.4 Å². The molecule has 4 aromatic rings. The second-order valence-electron chi connectivity index (χ2n) is 10.3. The summed E-state index contributed by atoms with van der Waals surface area (Å²) in [5.74, 6) is 4.70. The van der Waals surface area contributed by atoms with Gasteiger partial charge >= 0.3 is 0 Å². The lowest BCUT2D eigenvalue weighted by molar-refractivity contribution is 0.325. The molecule has 0 unspecified atom stereocenters. The summed E-state index contributed by atoms with van der Waals surface area (Å²) in [6.07, 6.45) is 0. The van der Waals surface area contributed by atoms with Gasteiger partial charge < -0.3 is 37.9 Å². The molecule has 0 spiro atoms. The molecule has 4 aromatic carbocycles. The van der Waals surface area contributed by atoms with Gasteiger partial charge in [0.05, 0.1) is 68.0 Å². The van der Waals surface area contributed by atoms with E-state index in [9.17, 15) is 4.21 Å². The molecule has 254 valence electrons. The van der Waals surface area contributed by atoms with Crippen LogP contribution in [0, 0.1) is 0 Å². The first-order chi connectivity index (χ1) is 23.4. The number of rotatable bonds is 16. The zero-order chi connectivity index (χ0) is 34.6. The van der Waals surface area contributed by atoms with E-state index < -0.39 is 10.8 Å². The van der Waals surface area contributed by atoms with Crippen LogP contribution in [0.5, 0.6) is 23.0 Å². The second kappa shape index (κ2) is 17.2. The van der Waals surface area contributed by atoms with Crippen molar-refractivity contribution in [2.75, 3.05) is 56.9 Å². The average Bonchev–Trinajstić information content (AvgIpc) is 3.13. The van der Waals surface area contributed by atoms with Gasteiger partial charge in [-0.15, -0.1) is 0 Å². The Labute approximate surface area is 285 Å². The molecule has 0 aliphatic carbocycles. The number of ether oxygens (including phenoxy) is 8. The van der Waals surface area contributed by atoms with Gasteiger partial charge in [0.25, 0.3) is 0 Å². The second-order valence-corrected chi connectivity index (χ2v) is 11.8. The number of hydrogen-bond acceptors (Lipinski definition) is 9. The summed E-state index contributed by atoms with van der Waals surface area (Å²) in [4.78, 5) is 0. The summed E-state index contributed by atoms with van der Waals surface area (Å²) in [5.41, 5.74) is 4.33. The first-order valence-corrected chi connectivity index (χ1v) is 16.5. The lowest BCUT2D eigenvalue weighted by atomic mass is 10.0. The average molecular weight is 675 g/mol. The highest BCUT2D eigenvalue weighted by Crippen LogP contribution is 2.38.